The van der Waals surface area contributed by atoms with Crippen LogP contribution in [0.4, 0.5) is 13.2 Å². The predicted octanol–water partition coefficient (Wildman–Crippen LogP) is 4.86. The summed E-state index contributed by atoms with van der Waals surface area (Å²) in [7, 11) is 0. The van der Waals surface area contributed by atoms with E-state index >= 15 is 0 Å². The van der Waals surface area contributed by atoms with Crippen LogP contribution in [0.5, 0.6) is 0 Å². The Morgan fingerprint density at radius 2 is 1.88 bits per heavy atom. The minimum Gasteiger partial charge on any atom is -0.461 e. The highest BCUT2D eigenvalue weighted by Crippen LogP contribution is 2.33. The van der Waals surface area contributed by atoms with E-state index in [1.54, 1.807) is 41.3 Å². The number of benzene rings is 1. The third-order valence-corrected chi connectivity index (χ3v) is 5.74. The van der Waals surface area contributed by atoms with Gasteiger partial charge in [0.2, 0.25) is 11.6 Å². The van der Waals surface area contributed by atoms with Crippen LogP contribution >= 0.6 is 0 Å². The fourth-order valence-corrected chi connectivity index (χ4v) is 4.13. The Labute approximate surface area is 180 Å². The zero-order valence-corrected chi connectivity index (χ0v) is 16.9. The van der Waals surface area contributed by atoms with Gasteiger partial charge >= 0.3 is 6.18 Å². The van der Waals surface area contributed by atoms with Crippen molar-refractivity contribution in [3.8, 4) is 11.5 Å². The molecule has 1 aliphatic heterocycles. The van der Waals surface area contributed by atoms with Gasteiger partial charge in [-0.25, -0.2) is 4.98 Å². The fraction of sp³-hybridized carbons (Fsp3) is 0.318. The van der Waals surface area contributed by atoms with E-state index < -0.39 is 12.0 Å². The first-order chi connectivity index (χ1) is 15.4. The van der Waals surface area contributed by atoms with Crippen LogP contribution in [0.15, 0.2) is 57.7 Å². The summed E-state index contributed by atoms with van der Waals surface area (Å²) in [6.45, 7) is 1.06. The number of imidazole rings is 1. The Hall–Kier alpha value is -3.56. The molecule has 10 heteroatoms. The number of alkyl halides is 3. The number of piperidine rings is 1. The van der Waals surface area contributed by atoms with Crippen molar-refractivity contribution in [2.24, 2.45) is 5.92 Å². The lowest BCUT2D eigenvalue weighted by atomic mass is 9.96. The van der Waals surface area contributed by atoms with Crippen molar-refractivity contribution in [2.45, 2.75) is 25.6 Å². The standard InChI is InChI=1S/C22H19F3N4O3/c23-22(24,25)21-26-15-4-1-2-5-17(15)29(21)13-14-7-9-28(10-8-14)20(30)16-12-19(32-27-16)18-6-3-11-31-18/h1-6,11-12,14H,7-10,13H2. The van der Waals surface area contributed by atoms with E-state index in [1.165, 1.54) is 16.9 Å². The van der Waals surface area contributed by atoms with E-state index in [0.717, 1.165) is 0 Å². The third kappa shape index (κ3) is 3.76. The molecule has 0 aliphatic carbocycles. The smallest absolute Gasteiger partial charge is 0.449 e. The summed E-state index contributed by atoms with van der Waals surface area (Å²) < 4.78 is 52.3. The molecule has 166 valence electrons. The lowest BCUT2D eigenvalue weighted by Crippen LogP contribution is -2.39. The molecule has 32 heavy (non-hydrogen) atoms. The van der Waals surface area contributed by atoms with Gasteiger partial charge in [-0.2, -0.15) is 13.2 Å². The number of carbonyl (C=O) groups is 1. The quantitative estimate of drug-likeness (QED) is 0.450. The number of rotatable bonds is 4. The lowest BCUT2D eigenvalue weighted by Gasteiger charge is -2.32. The zero-order chi connectivity index (χ0) is 22.3. The van der Waals surface area contributed by atoms with Crippen LogP contribution in [-0.2, 0) is 12.7 Å². The van der Waals surface area contributed by atoms with Crippen LogP contribution in [0.3, 0.4) is 0 Å². The second-order valence-corrected chi connectivity index (χ2v) is 7.82. The SMILES string of the molecule is O=C(c1cc(-c2ccco2)on1)N1CCC(Cn2c(C(F)(F)F)nc3ccccc32)CC1. The number of carbonyl (C=O) groups excluding carboxylic acids is 1. The van der Waals surface area contributed by atoms with E-state index in [9.17, 15) is 18.0 Å². The number of fused-ring (bicyclic) bond motifs is 1. The van der Waals surface area contributed by atoms with Gasteiger partial charge in [-0.15, -0.1) is 0 Å². The van der Waals surface area contributed by atoms with E-state index in [4.69, 9.17) is 8.94 Å². The lowest BCUT2D eigenvalue weighted by molar-refractivity contribution is -0.147. The predicted molar refractivity (Wildman–Crippen MR) is 108 cm³/mol. The van der Waals surface area contributed by atoms with Gasteiger partial charge in [0, 0.05) is 25.7 Å². The molecule has 4 aromatic rings. The zero-order valence-electron chi connectivity index (χ0n) is 16.9. The summed E-state index contributed by atoms with van der Waals surface area (Å²) in [5.74, 6) is -0.323. The first kappa shape index (κ1) is 20.3. The molecule has 4 heterocycles. The molecule has 5 rings (SSSR count). The molecule has 0 radical (unpaired) electrons. The van der Waals surface area contributed by atoms with Crippen molar-refractivity contribution in [2.75, 3.05) is 13.1 Å². The molecule has 0 unspecified atom stereocenters. The molecular weight excluding hydrogens is 425 g/mol. The van der Waals surface area contributed by atoms with Gasteiger partial charge in [0.05, 0.1) is 17.3 Å². The summed E-state index contributed by atoms with van der Waals surface area (Å²) in [6.07, 6.45) is -1.87. The summed E-state index contributed by atoms with van der Waals surface area (Å²) in [5.41, 5.74) is 0.965. The Balaban J connectivity index is 1.27. The largest absolute Gasteiger partial charge is 0.461 e. The molecule has 1 aromatic carbocycles. The van der Waals surface area contributed by atoms with Crippen molar-refractivity contribution < 1.29 is 26.9 Å². The molecule has 7 nitrogen and oxygen atoms in total. The number of nitrogens with zero attached hydrogens (tertiary/aromatic N) is 4. The van der Waals surface area contributed by atoms with Gasteiger partial charge in [-0.05, 0) is 43.0 Å². The van der Waals surface area contributed by atoms with Gasteiger partial charge in [0.25, 0.3) is 5.91 Å². The van der Waals surface area contributed by atoms with Crippen LogP contribution in [-0.4, -0.2) is 38.6 Å². The molecule has 1 amide bonds. The Morgan fingerprint density at radius 3 is 2.59 bits per heavy atom. The first-order valence-electron chi connectivity index (χ1n) is 10.2. The molecule has 0 atom stereocenters. The summed E-state index contributed by atoms with van der Waals surface area (Å²) in [5, 5.41) is 3.84. The maximum Gasteiger partial charge on any atom is 0.449 e. The van der Waals surface area contributed by atoms with Crippen LogP contribution < -0.4 is 0 Å². The highest BCUT2D eigenvalue weighted by molar-refractivity contribution is 5.93. The fourth-order valence-electron chi connectivity index (χ4n) is 4.13. The summed E-state index contributed by atoms with van der Waals surface area (Å²) in [4.78, 5) is 18.2. The molecule has 1 fully saturated rings. The van der Waals surface area contributed by atoms with E-state index in [2.05, 4.69) is 10.1 Å². The second kappa shape index (κ2) is 7.85. The molecular formula is C22H19F3N4O3. The number of likely N-dealkylation sites (tertiary alicyclic amines) is 1. The molecule has 0 saturated carbocycles. The van der Waals surface area contributed by atoms with E-state index in [1.807, 2.05) is 0 Å². The van der Waals surface area contributed by atoms with Gasteiger partial charge in [-0.3, -0.25) is 4.79 Å². The van der Waals surface area contributed by atoms with E-state index in [0.29, 0.717) is 48.5 Å². The molecule has 1 aliphatic rings. The van der Waals surface area contributed by atoms with Gasteiger partial charge in [0.15, 0.2) is 11.5 Å². The average molecular weight is 444 g/mol. The highest BCUT2D eigenvalue weighted by Gasteiger charge is 2.38. The van der Waals surface area contributed by atoms with E-state index in [-0.39, 0.29) is 24.1 Å². The van der Waals surface area contributed by atoms with Crippen molar-refractivity contribution in [3.05, 3.63) is 60.2 Å². The first-order valence-corrected chi connectivity index (χ1v) is 10.2. The number of hydrogen-bond donors (Lipinski definition) is 0. The monoisotopic (exact) mass is 444 g/mol. The number of furan rings is 1. The van der Waals surface area contributed by atoms with Gasteiger partial charge in [-0.1, -0.05) is 17.3 Å². The van der Waals surface area contributed by atoms with Crippen LogP contribution in [0, 0.1) is 5.92 Å². The van der Waals surface area contributed by atoms with Gasteiger partial charge in [0.1, 0.15) is 0 Å². The number of hydrogen-bond acceptors (Lipinski definition) is 5. The maximum absolute atomic E-state index is 13.5. The Morgan fingerprint density at radius 1 is 1.09 bits per heavy atom. The van der Waals surface area contributed by atoms with Crippen molar-refractivity contribution in [1.29, 1.82) is 0 Å². The number of halogens is 3. The molecule has 1 saturated heterocycles. The number of para-hydroxylation sites is 2. The van der Waals surface area contributed by atoms with Crippen molar-refractivity contribution in [3.63, 3.8) is 0 Å². The minimum absolute atomic E-state index is 0.00579. The van der Waals surface area contributed by atoms with Crippen LogP contribution in [0.1, 0.15) is 29.2 Å². The Bertz CT molecular complexity index is 1240. The number of aromatic nitrogens is 3. The third-order valence-electron chi connectivity index (χ3n) is 5.74. The normalized spacial score (nSPS) is 15.5. The van der Waals surface area contributed by atoms with Gasteiger partial charge < -0.3 is 18.4 Å². The Kier molecular flexibility index (Phi) is 4.99. The summed E-state index contributed by atoms with van der Waals surface area (Å²) >= 11 is 0. The number of amides is 1. The van der Waals surface area contributed by atoms with Crippen molar-refractivity contribution >= 4 is 16.9 Å². The summed E-state index contributed by atoms with van der Waals surface area (Å²) in [6, 6.07) is 11.5. The molecule has 0 N–H and O–H groups in total. The topological polar surface area (TPSA) is 77.3 Å². The molecule has 0 spiro atoms. The van der Waals surface area contributed by atoms with Crippen LogP contribution in [0.25, 0.3) is 22.6 Å². The van der Waals surface area contributed by atoms with Crippen molar-refractivity contribution in [1.82, 2.24) is 19.6 Å². The highest BCUT2D eigenvalue weighted by atomic mass is 19.4. The minimum atomic E-state index is -4.53. The maximum atomic E-state index is 13.5. The van der Waals surface area contributed by atoms with Crippen LogP contribution in [0.2, 0.25) is 0 Å². The molecule has 0 bridgehead atoms. The molecule has 3 aromatic heterocycles. The second-order valence-electron chi connectivity index (χ2n) is 7.82. The average Bonchev–Trinajstić information content (AvgIpc) is 3.53.